The van der Waals surface area contributed by atoms with E-state index in [0.717, 1.165) is 12.8 Å². The van der Waals surface area contributed by atoms with Crippen molar-refractivity contribution in [2.75, 3.05) is 6.54 Å². The Morgan fingerprint density at radius 2 is 1.95 bits per heavy atom. The Kier molecular flexibility index (Phi) is 3.48. The molecule has 0 aromatic carbocycles. The number of hydrogen-bond donors (Lipinski definition) is 1. The summed E-state index contributed by atoms with van der Waals surface area (Å²) in [6.07, 6.45) is 6.93. The summed E-state index contributed by atoms with van der Waals surface area (Å²) in [5.74, 6) is -0.743. The van der Waals surface area contributed by atoms with Crippen molar-refractivity contribution in [3.63, 3.8) is 0 Å². The van der Waals surface area contributed by atoms with Crippen molar-refractivity contribution in [3.8, 4) is 0 Å². The number of aryl methyl sites for hydroxylation is 1. The van der Waals surface area contributed by atoms with Crippen LogP contribution in [0.2, 0.25) is 0 Å². The van der Waals surface area contributed by atoms with Gasteiger partial charge in [0.15, 0.2) is 0 Å². The lowest BCUT2D eigenvalue weighted by Crippen LogP contribution is -2.63. The molecule has 1 aliphatic carbocycles. The minimum absolute atomic E-state index is 0.305. The monoisotopic (exact) mass is 290 g/mol. The van der Waals surface area contributed by atoms with E-state index in [1.54, 1.807) is 10.9 Å². The van der Waals surface area contributed by atoms with Crippen LogP contribution in [-0.2, 0) is 16.1 Å². The summed E-state index contributed by atoms with van der Waals surface area (Å²) in [6, 6.07) is 1.23. The van der Waals surface area contributed by atoms with Crippen molar-refractivity contribution in [1.82, 2.24) is 20.0 Å². The van der Waals surface area contributed by atoms with Crippen LogP contribution in [-0.4, -0.2) is 39.1 Å². The zero-order valence-corrected chi connectivity index (χ0v) is 11.7. The zero-order valence-electron chi connectivity index (χ0n) is 11.7. The molecule has 1 spiro atoms. The van der Waals surface area contributed by atoms with Gasteiger partial charge in [-0.1, -0.05) is 12.8 Å². The van der Waals surface area contributed by atoms with E-state index in [1.165, 1.54) is 4.90 Å². The van der Waals surface area contributed by atoms with Crippen molar-refractivity contribution in [1.29, 1.82) is 0 Å². The molecule has 21 heavy (non-hydrogen) atoms. The first kappa shape index (κ1) is 13.8. The Labute approximate surface area is 122 Å². The molecule has 4 amide bonds. The van der Waals surface area contributed by atoms with E-state index in [4.69, 9.17) is 0 Å². The Morgan fingerprint density at radius 1 is 1.19 bits per heavy atom. The van der Waals surface area contributed by atoms with Crippen molar-refractivity contribution >= 4 is 17.8 Å². The molecule has 7 heteroatoms. The molecule has 112 valence electrons. The van der Waals surface area contributed by atoms with Crippen LogP contribution in [0.1, 0.15) is 32.1 Å². The molecule has 7 nitrogen and oxygen atoms in total. The van der Waals surface area contributed by atoms with Crippen LogP contribution >= 0.6 is 0 Å². The largest absolute Gasteiger partial charge is 0.330 e. The van der Waals surface area contributed by atoms with Gasteiger partial charge in [0, 0.05) is 25.5 Å². The number of hydrogen-bond acceptors (Lipinski definition) is 4. The molecule has 1 aliphatic heterocycles. The molecule has 1 N–H and O–H groups in total. The number of nitrogens with zero attached hydrogens (tertiary/aromatic N) is 3. The Bertz CT molecular complexity index is 561. The predicted molar refractivity (Wildman–Crippen MR) is 73.0 cm³/mol. The smallest absolute Gasteiger partial charge is 0.277 e. The van der Waals surface area contributed by atoms with Gasteiger partial charge in [-0.05, 0) is 25.3 Å². The molecule has 0 unspecified atom stereocenters. The van der Waals surface area contributed by atoms with Crippen molar-refractivity contribution in [2.24, 2.45) is 5.41 Å². The van der Waals surface area contributed by atoms with Crippen LogP contribution in [0.3, 0.4) is 0 Å². The van der Waals surface area contributed by atoms with Gasteiger partial charge < -0.3 is 0 Å². The zero-order chi connectivity index (χ0) is 14.9. The number of aromatic nitrogens is 2. The van der Waals surface area contributed by atoms with E-state index in [2.05, 4.69) is 10.4 Å². The molecule has 1 aromatic heterocycles. The van der Waals surface area contributed by atoms with Crippen molar-refractivity contribution in [2.45, 2.75) is 38.6 Å². The van der Waals surface area contributed by atoms with Crippen molar-refractivity contribution in [3.05, 3.63) is 18.5 Å². The third-order valence-corrected chi connectivity index (χ3v) is 4.34. The topological polar surface area (TPSA) is 84.3 Å². The van der Waals surface area contributed by atoms with Gasteiger partial charge in [0.25, 0.3) is 0 Å². The van der Waals surface area contributed by atoms with E-state index >= 15 is 0 Å². The Balaban J connectivity index is 1.67. The molecule has 1 saturated heterocycles. The lowest BCUT2D eigenvalue weighted by Gasteiger charge is -2.36. The third kappa shape index (κ3) is 2.32. The maximum absolute atomic E-state index is 12.6. The fourth-order valence-corrected chi connectivity index (χ4v) is 3.18. The molecular formula is C14H18N4O3. The van der Waals surface area contributed by atoms with Gasteiger partial charge >= 0.3 is 6.03 Å². The summed E-state index contributed by atoms with van der Waals surface area (Å²) in [5, 5.41) is 6.42. The van der Waals surface area contributed by atoms with Gasteiger partial charge in [-0.25, -0.2) is 4.79 Å². The van der Waals surface area contributed by atoms with Crippen LogP contribution in [0.25, 0.3) is 0 Å². The Morgan fingerprint density at radius 3 is 2.62 bits per heavy atom. The first-order valence-electron chi connectivity index (χ1n) is 7.28. The molecule has 2 fully saturated rings. The maximum Gasteiger partial charge on any atom is 0.330 e. The molecule has 1 aromatic rings. The summed E-state index contributed by atoms with van der Waals surface area (Å²) >= 11 is 0. The third-order valence-electron chi connectivity index (χ3n) is 4.34. The normalized spacial score (nSPS) is 21.1. The van der Waals surface area contributed by atoms with E-state index in [-0.39, 0.29) is 5.91 Å². The second-order valence-electron chi connectivity index (χ2n) is 5.63. The maximum atomic E-state index is 12.6. The number of nitrogens with one attached hydrogen (secondary N) is 1. The lowest BCUT2D eigenvalue weighted by atomic mass is 9.82. The number of rotatable bonds is 4. The van der Waals surface area contributed by atoms with Gasteiger partial charge in [0.05, 0.1) is 0 Å². The number of carbonyl (C=O) groups excluding carboxylic acids is 3. The second kappa shape index (κ2) is 5.31. The van der Waals surface area contributed by atoms with Crippen LogP contribution < -0.4 is 5.32 Å². The number of carbonyl (C=O) groups is 3. The highest BCUT2D eigenvalue weighted by Gasteiger charge is 2.54. The van der Waals surface area contributed by atoms with E-state index in [9.17, 15) is 14.4 Å². The van der Waals surface area contributed by atoms with Gasteiger partial charge in [0.1, 0.15) is 5.41 Å². The van der Waals surface area contributed by atoms with Gasteiger partial charge in [-0.3, -0.25) is 24.5 Å². The first-order valence-corrected chi connectivity index (χ1v) is 7.28. The summed E-state index contributed by atoms with van der Waals surface area (Å²) in [7, 11) is 0. The first-order chi connectivity index (χ1) is 10.1. The Hall–Kier alpha value is -2.18. The molecule has 0 radical (unpaired) electrons. The number of imide groups is 2. The van der Waals surface area contributed by atoms with E-state index in [0.29, 0.717) is 32.4 Å². The highest BCUT2D eigenvalue weighted by Crippen LogP contribution is 2.41. The summed E-state index contributed by atoms with van der Waals surface area (Å²) in [5.41, 5.74) is -1.00. The average Bonchev–Trinajstić information content (AvgIpc) is 3.13. The van der Waals surface area contributed by atoms with E-state index < -0.39 is 17.4 Å². The van der Waals surface area contributed by atoms with Crippen LogP contribution in [0.5, 0.6) is 0 Å². The number of urea groups is 1. The van der Waals surface area contributed by atoms with Crippen LogP contribution in [0.15, 0.2) is 18.5 Å². The SMILES string of the molecule is O=C1NC(=O)C2(CCCC2)C(=O)N1CCCn1cccn1. The van der Waals surface area contributed by atoms with Crippen LogP contribution in [0, 0.1) is 5.41 Å². The molecule has 1 saturated carbocycles. The molecule has 2 heterocycles. The lowest BCUT2D eigenvalue weighted by molar-refractivity contribution is -0.151. The van der Waals surface area contributed by atoms with Gasteiger partial charge in [-0.15, -0.1) is 0 Å². The van der Waals surface area contributed by atoms with Crippen molar-refractivity contribution < 1.29 is 14.4 Å². The fourth-order valence-electron chi connectivity index (χ4n) is 3.18. The second-order valence-corrected chi connectivity index (χ2v) is 5.63. The molecule has 2 aliphatic rings. The van der Waals surface area contributed by atoms with Crippen LogP contribution in [0.4, 0.5) is 4.79 Å². The van der Waals surface area contributed by atoms with E-state index in [1.807, 2.05) is 12.3 Å². The minimum atomic E-state index is -1.00. The quantitative estimate of drug-likeness (QED) is 0.835. The fraction of sp³-hybridized carbons (Fsp3) is 0.571. The average molecular weight is 290 g/mol. The standard InChI is InChI=1S/C14H18N4O3/c19-11-14(5-1-2-6-14)12(20)18(13(21)16-11)10-4-9-17-8-3-7-15-17/h3,7-8H,1-2,4-6,9-10H2,(H,16,19,21). The number of amides is 4. The molecule has 0 atom stereocenters. The number of barbiturate groups is 1. The highest BCUT2D eigenvalue weighted by atomic mass is 16.2. The summed E-state index contributed by atoms with van der Waals surface area (Å²) in [4.78, 5) is 37.7. The van der Waals surface area contributed by atoms with Gasteiger partial charge in [-0.2, -0.15) is 5.10 Å². The minimum Gasteiger partial charge on any atom is -0.277 e. The van der Waals surface area contributed by atoms with Gasteiger partial charge in [0.2, 0.25) is 11.8 Å². The predicted octanol–water partition coefficient (Wildman–Crippen LogP) is 0.912. The highest BCUT2D eigenvalue weighted by molar-refractivity contribution is 6.19. The summed E-state index contributed by atoms with van der Waals surface area (Å²) in [6.45, 7) is 0.935. The molecule has 0 bridgehead atoms. The molecular weight excluding hydrogens is 272 g/mol. The summed E-state index contributed by atoms with van der Waals surface area (Å²) < 4.78 is 1.75. The molecule has 3 rings (SSSR count).